The maximum absolute atomic E-state index is 12.0. The first-order valence-corrected chi connectivity index (χ1v) is 9.11. The summed E-state index contributed by atoms with van der Waals surface area (Å²) in [6, 6.07) is 0.696. The van der Waals surface area contributed by atoms with E-state index < -0.39 is 15.1 Å². The number of carbonyl (C=O) groups excluding carboxylic acids is 2. The van der Waals surface area contributed by atoms with Crippen LogP contribution in [0.2, 0.25) is 0 Å². The Balaban J connectivity index is 1.73. The first kappa shape index (κ1) is 16.2. The molecule has 1 aliphatic carbocycles. The predicted molar refractivity (Wildman–Crippen MR) is 78.7 cm³/mol. The van der Waals surface area contributed by atoms with Crippen molar-refractivity contribution in [1.82, 2.24) is 15.1 Å². The van der Waals surface area contributed by atoms with E-state index in [0.717, 1.165) is 13.1 Å². The normalized spacial score (nSPS) is 20.3. The van der Waals surface area contributed by atoms with Crippen LogP contribution in [0.5, 0.6) is 0 Å². The zero-order valence-corrected chi connectivity index (χ0v) is 13.2. The molecule has 1 aliphatic heterocycles. The summed E-state index contributed by atoms with van der Waals surface area (Å²) in [5.74, 6) is -0.405. The highest BCUT2D eigenvalue weighted by Crippen LogP contribution is 2.27. The van der Waals surface area contributed by atoms with Gasteiger partial charge in [-0.1, -0.05) is 6.92 Å². The van der Waals surface area contributed by atoms with Gasteiger partial charge in [0.25, 0.3) is 0 Å². The molecule has 21 heavy (non-hydrogen) atoms. The van der Waals surface area contributed by atoms with E-state index in [9.17, 15) is 18.0 Å². The Hall–Kier alpha value is -1.15. The van der Waals surface area contributed by atoms with Crippen LogP contribution in [0.15, 0.2) is 0 Å². The van der Waals surface area contributed by atoms with Crippen molar-refractivity contribution < 1.29 is 18.0 Å². The molecule has 0 atom stereocenters. The van der Waals surface area contributed by atoms with Crippen LogP contribution >= 0.6 is 0 Å². The minimum absolute atomic E-state index is 0.187. The molecule has 1 heterocycles. The van der Waals surface area contributed by atoms with Crippen molar-refractivity contribution in [3.63, 3.8) is 0 Å². The molecular formula is C13H23N3O4S. The first-order chi connectivity index (χ1) is 9.94. The molecule has 2 amide bonds. The highest BCUT2D eigenvalue weighted by molar-refractivity contribution is 8.06. The van der Waals surface area contributed by atoms with Crippen molar-refractivity contribution in [2.24, 2.45) is 0 Å². The summed E-state index contributed by atoms with van der Waals surface area (Å²) in [5, 5.41) is 1.17. The van der Waals surface area contributed by atoms with E-state index in [2.05, 4.69) is 10.2 Å². The van der Waals surface area contributed by atoms with Crippen LogP contribution in [-0.4, -0.2) is 73.9 Å². The molecule has 0 aromatic heterocycles. The summed E-state index contributed by atoms with van der Waals surface area (Å²) < 4.78 is 23.0. The van der Waals surface area contributed by atoms with Gasteiger partial charge < -0.3 is 10.2 Å². The van der Waals surface area contributed by atoms with Crippen molar-refractivity contribution in [3.8, 4) is 0 Å². The summed E-state index contributed by atoms with van der Waals surface area (Å²) in [4.78, 5) is 27.6. The van der Waals surface area contributed by atoms with Crippen LogP contribution < -0.4 is 5.32 Å². The van der Waals surface area contributed by atoms with Crippen LogP contribution in [0.4, 0.5) is 4.79 Å². The Morgan fingerprint density at radius 3 is 2.29 bits per heavy atom. The van der Waals surface area contributed by atoms with Crippen LogP contribution in [0.1, 0.15) is 26.2 Å². The van der Waals surface area contributed by atoms with Gasteiger partial charge in [-0.25, -0.2) is 8.42 Å². The Kier molecular flexibility index (Phi) is 5.21. The molecule has 8 heteroatoms. The van der Waals surface area contributed by atoms with Gasteiger partial charge in [-0.3, -0.25) is 14.5 Å². The molecule has 120 valence electrons. The molecule has 0 aromatic rings. The Labute approximate surface area is 125 Å². The molecule has 1 saturated heterocycles. The SMILES string of the molecule is CCCS(=O)(=O)C(=O)NCC(=O)N1CCN(C2CC2)CC1. The number of rotatable bonds is 5. The van der Waals surface area contributed by atoms with Crippen LogP contribution in [0.3, 0.4) is 0 Å². The highest BCUT2D eigenvalue weighted by Gasteiger charge is 2.32. The van der Waals surface area contributed by atoms with Crippen molar-refractivity contribution in [2.75, 3.05) is 38.5 Å². The van der Waals surface area contributed by atoms with Crippen LogP contribution in [-0.2, 0) is 14.6 Å². The molecule has 0 radical (unpaired) electrons. The number of hydrogen-bond acceptors (Lipinski definition) is 5. The predicted octanol–water partition coefficient (Wildman–Crippen LogP) is -0.173. The number of carbonyl (C=O) groups is 2. The van der Waals surface area contributed by atoms with Gasteiger partial charge in [0.05, 0.1) is 12.3 Å². The second kappa shape index (κ2) is 6.74. The van der Waals surface area contributed by atoms with Gasteiger partial charge in [0.2, 0.25) is 15.7 Å². The number of nitrogens with one attached hydrogen (secondary N) is 1. The van der Waals surface area contributed by atoms with E-state index in [-0.39, 0.29) is 18.2 Å². The van der Waals surface area contributed by atoms with E-state index in [4.69, 9.17) is 0 Å². The van der Waals surface area contributed by atoms with Gasteiger partial charge in [-0.05, 0) is 19.3 Å². The quantitative estimate of drug-likeness (QED) is 0.760. The summed E-state index contributed by atoms with van der Waals surface area (Å²) in [5.41, 5.74) is 0. The topological polar surface area (TPSA) is 86.8 Å². The highest BCUT2D eigenvalue weighted by atomic mass is 32.2. The smallest absolute Gasteiger partial charge is 0.336 e. The Morgan fingerprint density at radius 2 is 1.76 bits per heavy atom. The third kappa shape index (κ3) is 4.41. The number of amides is 2. The lowest BCUT2D eigenvalue weighted by Crippen LogP contribution is -2.51. The zero-order valence-electron chi connectivity index (χ0n) is 12.4. The van der Waals surface area contributed by atoms with E-state index in [0.29, 0.717) is 25.6 Å². The number of nitrogens with zero attached hydrogens (tertiary/aromatic N) is 2. The fraction of sp³-hybridized carbons (Fsp3) is 0.846. The number of piperazine rings is 1. The molecule has 0 aromatic carbocycles. The number of hydrogen-bond donors (Lipinski definition) is 1. The minimum Gasteiger partial charge on any atom is -0.339 e. The van der Waals surface area contributed by atoms with Gasteiger partial charge in [-0.15, -0.1) is 0 Å². The lowest BCUT2D eigenvalue weighted by Gasteiger charge is -2.34. The minimum atomic E-state index is -3.78. The summed E-state index contributed by atoms with van der Waals surface area (Å²) in [6.45, 7) is 4.46. The second-order valence-electron chi connectivity index (χ2n) is 5.61. The zero-order chi connectivity index (χ0) is 15.5. The van der Waals surface area contributed by atoms with E-state index >= 15 is 0 Å². The third-order valence-electron chi connectivity index (χ3n) is 3.87. The van der Waals surface area contributed by atoms with Gasteiger partial charge in [0.15, 0.2) is 0 Å². The third-order valence-corrected chi connectivity index (χ3v) is 5.52. The molecular weight excluding hydrogens is 294 g/mol. The largest absolute Gasteiger partial charge is 0.339 e. The fourth-order valence-electron chi connectivity index (χ4n) is 2.51. The van der Waals surface area contributed by atoms with Gasteiger partial charge in [0.1, 0.15) is 0 Å². The fourth-order valence-corrected chi connectivity index (χ4v) is 3.52. The monoisotopic (exact) mass is 317 g/mol. The van der Waals surface area contributed by atoms with E-state index in [1.54, 1.807) is 11.8 Å². The van der Waals surface area contributed by atoms with Crippen molar-refractivity contribution in [1.29, 1.82) is 0 Å². The lowest BCUT2D eigenvalue weighted by atomic mass is 10.3. The van der Waals surface area contributed by atoms with Crippen molar-refractivity contribution in [3.05, 3.63) is 0 Å². The van der Waals surface area contributed by atoms with Gasteiger partial charge in [-0.2, -0.15) is 0 Å². The van der Waals surface area contributed by atoms with Crippen LogP contribution in [0.25, 0.3) is 0 Å². The van der Waals surface area contributed by atoms with Crippen molar-refractivity contribution in [2.45, 2.75) is 32.2 Å². The molecule has 2 fully saturated rings. The second-order valence-corrected chi connectivity index (χ2v) is 7.62. The summed E-state index contributed by atoms with van der Waals surface area (Å²) >= 11 is 0. The number of sulfone groups is 1. The molecule has 0 bridgehead atoms. The lowest BCUT2D eigenvalue weighted by molar-refractivity contribution is -0.131. The van der Waals surface area contributed by atoms with E-state index in [1.165, 1.54) is 12.8 Å². The first-order valence-electron chi connectivity index (χ1n) is 7.46. The summed E-state index contributed by atoms with van der Waals surface area (Å²) in [7, 11) is -3.78. The maximum atomic E-state index is 12.0. The standard InChI is InChI=1S/C13H23N3O4S/c1-2-9-21(19,20)13(18)14-10-12(17)16-7-5-15(6-8-16)11-3-4-11/h11H,2-10H2,1H3,(H,14,18). The molecule has 2 rings (SSSR count). The van der Waals surface area contributed by atoms with E-state index in [1.807, 2.05) is 0 Å². The van der Waals surface area contributed by atoms with Gasteiger partial charge >= 0.3 is 5.24 Å². The molecule has 2 aliphatic rings. The maximum Gasteiger partial charge on any atom is 0.336 e. The van der Waals surface area contributed by atoms with Gasteiger partial charge in [0, 0.05) is 32.2 Å². The average Bonchev–Trinajstić information content (AvgIpc) is 3.29. The Morgan fingerprint density at radius 1 is 1.14 bits per heavy atom. The molecule has 7 nitrogen and oxygen atoms in total. The summed E-state index contributed by atoms with van der Waals surface area (Å²) in [6.07, 6.45) is 2.88. The molecule has 0 spiro atoms. The molecule has 1 saturated carbocycles. The Bertz CT molecular complexity index is 494. The molecule has 0 unspecified atom stereocenters. The van der Waals surface area contributed by atoms with Crippen LogP contribution in [0, 0.1) is 0 Å². The molecule has 1 N–H and O–H groups in total. The average molecular weight is 317 g/mol. The van der Waals surface area contributed by atoms with Crippen molar-refractivity contribution >= 4 is 21.0 Å².